The fraction of sp³-hybridized carbons (Fsp3) is 0.652. The maximum Gasteiger partial charge on any atom is 0.411 e. The molecule has 2 bridgehead atoms. The van der Waals surface area contributed by atoms with Crippen molar-refractivity contribution in [3.63, 3.8) is 0 Å². The van der Waals surface area contributed by atoms with Crippen LogP contribution in [0.5, 0.6) is 0 Å². The topological polar surface area (TPSA) is 65.4 Å². The lowest BCUT2D eigenvalue weighted by atomic mass is 9.79. The molecule has 2 heterocycles. The van der Waals surface area contributed by atoms with Crippen molar-refractivity contribution >= 4 is 11.8 Å². The van der Waals surface area contributed by atoms with Crippen molar-refractivity contribution in [1.29, 1.82) is 5.26 Å². The van der Waals surface area contributed by atoms with Gasteiger partial charge in [0.2, 0.25) is 0 Å². The quantitative estimate of drug-likeness (QED) is 0.785. The number of anilines is 1. The van der Waals surface area contributed by atoms with Gasteiger partial charge >= 0.3 is 6.09 Å². The molecule has 3 aliphatic rings. The lowest BCUT2D eigenvalue weighted by Gasteiger charge is -2.49. The highest BCUT2D eigenvalue weighted by Crippen LogP contribution is 2.49. The van der Waals surface area contributed by atoms with Gasteiger partial charge < -0.3 is 4.74 Å². The van der Waals surface area contributed by atoms with Crippen molar-refractivity contribution < 1.29 is 9.53 Å². The summed E-state index contributed by atoms with van der Waals surface area (Å²) in [6, 6.07) is 10.3. The van der Waals surface area contributed by atoms with Crippen molar-refractivity contribution in [1.82, 2.24) is 4.90 Å². The zero-order chi connectivity index (χ0) is 19.5. The molecule has 28 heavy (non-hydrogen) atoms. The number of fused-ring (bicyclic) bond motifs is 4. The van der Waals surface area contributed by atoms with Crippen LogP contribution in [0.15, 0.2) is 24.3 Å². The second-order valence-corrected chi connectivity index (χ2v) is 8.67. The van der Waals surface area contributed by atoms with Gasteiger partial charge in [-0.05, 0) is 62.8 Å². The molecule has 1 saturated carbocycles. The third-order valence-corrected chi connectivity index (χ3v) is 6.99. The second kappa shape index (κ2) is 8.53. The van der Waals surface area contributed by atoms with E-state index in [9.17, 15) is 4.79 Å². The summed E-state index contributed by atoms with van der Waals surface area (Å²) in [5, 5.41) is 11.8. The molecular formula is C23H31N3O2. The van der Waals surface area contributed by atoms with Crippen LogP contribution in [0.4, 0.5) is 10.5 Å². The van der Waals surface area contributed by atoms with E-state index >= 15 is 0 Å². The van der Waals surface area contributed by atoms with E-state index in [1.54, 1.807) is 24.3 Å². The van der Waals surface area contributed by atoms with Crippen LogP contribution in [-0.4, -0.2) is 35.7 Å². The summed E-state index contributed by atoms with van der Waals surface area (Å²) in [5.41, 5.74) is 1.15. The third-order valence-electron chi connectivity index (χ3n) is 6.99. The van der Waals surface area contributed by atoms with Gasteiger partial charge in [0, 0.05) is 23.7 Å². The number of carbonyl (C=O) groups excluding carboxylic acids is 1. The first kappa shape index (κ1) is 19.3. The molecule has 0 aromatic heterocycles. The van der Waals surface area contributed by atoms with E-state index in [4.69, 9.17) is 10.00 Å². The summed E-state index contributed by atoms with van der Waals surface area (Å²) in [4.78, 5) is 15.3. The molecule has 3 fully saturated rings. The highest BCUT2D eigenvalue weighted by atomic mass is 16.6. The predicted octanol–water partition coefficient (Wildman–Crippen LogP) is 4.93. The molecule has 150 valence electrons. The first-order valence-electron chi connectivity index (χ1n) is 10.9. The molecule has 1 aromatic rings. The largest absolute Gasteiger partial charge is 0.446 e. The van der Waals surface area contributed by atoms with Gasteiger partial charge in [-0.3, -0.25) is 10.2 Å². The maximum atomic E-state index is 12.5. The number of nitrogens with zero attached hydrogens (tertiary/aromatic N) is 2. The molecule has 1 N–H and O–H groups in total. The highest BCUT2D eigenvalue weighted by molar-refractivity contribution is 5.85. The molecule has 5 heteroatoms. The normalized spacial score (nSPS) is 31.6. The summed E-state index contributed by atoms with van der Waals surface area (Å²) >= 11 is 0. The van der Waals surface area contributed by atoms with E-state index in [0.29, 0.717) is 35.2 Å². The number of nitrogens with one attached hydrogen (secondary N) is 1. The number of benzene rings is 1. The zero-order valence-electron chi connectivity index (χ0n) is 16.8. The van der Waals surface area contributed by atoms with Gasteiger partial charge in [0.1, 0.15) is 6.10 Å². The Morgan fingerprint density at radius 1 is 1.36 bits per heavy atom. The Hall–Kier alpha value is -2.06. The molecule has 1 aromatic carbocycles. The Morgan fingerprint density at radius 2 is 2.25 bits per heavy atom. The Labute approximate surface area is 168 Å². The van der Waals surface area contributed by atoms with Gasteiger partial charge in [0.15, 0.2) is 0 Å². The molecule has 5 nitrogen and oxygen atoms in total. The van der Waals surface area contributed by atoms with Crippen LogP contribution in [-0.2, 0) is 4.74 Å². The summed E-state index contributed by atoms with van der Waals surface area (Å²) in [6.45, 7) is 3.48. The van der Waals surface area contributed by atoms with Crippen molar-refractivity contribution in [2.24, 2.45) is 11.8 Å². The molecule has 0 spiro atoms. The van der Waals surface area contributed by atoms with Crippen LogP contribution >= 0.6 is 0 Å². The molecule has 2 aliphatic heterocycles. The van der Waals surface area contributed by atoms with Gasteiger partial charge in [-0.1, -0.05) is 32.3 Å². The number of carbonyl (C=O) groups is 1. The van der Waals surface area contributed by atoms with Gasteiger partial charge in [-0.25, -0.2) is 4.79 Å². The van der Waals surface area contributed by atoms with Crippen LogP contribution in [0, 0.1) is 23.2 Å². The Balaban J connectivity index is 1.43. The van der Waals surface area contributed by atoms with Crippen molar-refractivity contribution in [2.75, 3.05) is 11.9 Å². The van der Waals surface area contributed by atoms with Gasteiger partial charge in [-0.2, -0.15) is 5.26 Å². The van der Waals surface area contributed by atoms with E-state index in [-0.39, 0.29) is 12.2 Å². The second-order valence-electron chi connectivity index (χ2n) is 8.67. The molecule has 5 atom stereocenters. The van der Waals surface area contributed by atoms with Crippen molar-refractivity contribution in [3.8, 4) is 6.07 Å². The van der Waals surface area contributed by atoms with E-state index < -0.39 is 0 Å². The average molecular weight is 382 g/mol. The van der Waals surface area contributed by atoms with E-state index in [2.05, 4.69) is 23.2 Å². The molecule has 4 rings (SSSR count). The fourth-order valence-electron chi connectivity index (χ4n) is 5.81. The molecule has 2 saturated heterocycles. The van der Waals surface area contributed by atoms with Crippen LogP contribution in [0.2, 0.25) is 0 Å². The van der Waals surface area contributed by atoms with Crippen molar-refractivity contribution in [2.45, 2.75) is 76.5 Å². The predicted molar refractivity (Wildman–Crippen MR) is 109 cm³/mol. The minimum absolute atomic E-state index is 0.0152. The van der Waals surface area contributed by atoms with E-state index in [1.165, 1.54) is 51.5 Å². The SMILES string of the molecule is CCCC[C@H]1C2CC(OC(=O)Nc3cccc(C#N)c3)C(C2)[C@H]2CCCCN21. The van der Waals surface area contributed by atoms with Crippen molar-refractivity contribution in [3.05, 3.63) is 29.8 Å². The monoisotopic (exact) mass is 381 g/mol. The minimum Gasteiger partial charge on any atom is -0.446 e. The number of hydrogen-bond donors (Lipinski definition) is 1. The zero-order valence-corrected chi connectivity index (χ0v) is 16.8. The number of nitriles is 1. The Morgan fingerprint density at radius 3 is 3.07 bits per heavy atom. The lowest BCUT2D eigenvalue weighted by Crippen LogP contribution is -2.55. The number of hydrogen-bond acceptors (Lipinski definition) is 4. The highest BCUT2D eigenvalue weighted by Gasteiger charge is 2.52. The van der Waals surface area contributed by atoms with Crippen LogP contribution in [0.3, 0.4) is 0 Å². The maximum absolute atomic E-state index is 12.5. The van der Waals surface area contributed by atoms with Crippen LogP contribution in [0.1, 0.15) is 63.9 Å². The smallest absolute Gasteiger partial charge is 0.411 e. The number of unbranched alkanes of at least 4 members (excludes halogenated alkanes) is 1. The summed E-state index contributed by atoms with van der Waals surface area (Å²) in [6.07, 6.45) is 9.49. The van der Waals surface area contributed by atoms with Gasteiger partial charge in [0.25, 0.3) is 0 Å². The molecular weight excluding hydrogens is 350 g/mol. The van der Waals surface area contributed by atoms with Gasteiger partial charge in [-0.15, -0.1) is 0 Å². The number of rotatable bonds is 5. The summed E-state index contributed by atoms with van der Waals surface area (Å²) in [7, 11) is 0. The molecule has 0 radical (unpaired) electrons. The van der Waals surface area contributed by atoms with Crippen LogP contribution < -0.4 is 5.32 Å². The first-order valence-corrected chi connectivity index (χ1v) is 10.9. The molecule has 3 unspecified atom stereocenters. The molecule has 1 aliphatic carbocycles. The third kappa shape index (κ3) is 3.89. The molecule has 1 amide bonds. The standard InChI is InChI=1S/C23H31N3O2/c1-2-3-9-20-17-13-19(21-10-4-5-11-26(20)21)22(14-17)28-23(27)25-18-8-6-7-16(12-18)15-24/h6-8,12,17,19-22H,2-5,9-11,13-14H2,1H3,(H,25,27)/t17?,19?,20-,21+,22?/m0/s1. The van der Waals surface area contributed by atoms with Crippen LogP contribution in [0.25, 0.3) is 0 Å². The summed E-state index contributed by atoms with van der Waals surface area (Å²) < 4.78 is 5.94. The number of piperidine rings is 2. The lowest BCUT2D eigenvalue weighted by molar-refractivity contribution is -0.0177. The van der Waals surface area contributed by atoms with E-state index in [1.807, 2.05) is 0 Å². The minimum atomic E-state index is -0.389. The Kier molecular flexibility index (Phi) is 5.87. The number of amides is 1. The fourth-order valence-corrected chi connectivity index (χ4v) is 5.81. The van der Waals surface area contributed by atoms with Gasteiger partial charge in [0.05, 0.1) is 11.6 Å². The first-order chi connectivity index (χ1) is 13.7. The van der Waals surface area contributed by atoms with E-state index in [0.717, 1.165) is 6.42 Å². The Bertz CT molecular complexity index is 744. The number of ether oxygens (including phenoxy) is 1. The summed E-state index contributed by atoms with van der Waals surface area (Å²) in [5.74, 6) is 1.13. The average Bonchev–Trinajstić information content (AvgIpc) is 3.07.